The lowest BCUT2D eigenvalue weighted by atomic mass is 10.2. The summed E-state index contributed by atoms with van der Waals surface area (Å²) >= 11 is 0. The van der Waals surface area contributed by atoms with Gasteiger partial charge in [-0.1, -0.05) is 43.6 Å². The Kier molecular flexibility index (Phi) is 14.4. The lowest BCUT2D eigenvalue weighted by Crippen LogP contribution is -1.92. The summed E-state index contributed by atoms with van der Waals surface area (Å²) in [5.41, 5.74) is 0. The predicted octanol–water partition coefficient (Wildman–Crippen LogP) is 5.11. The molecule has 0 atom stereocenters. The zero-order chi connectivity index (χ0) is 14.9. The molecule has 0 saturated carbocycles. The van der Waals surface area contributed by atoms with Crippen LogP contribution in [-0.2, 0) is 4.79 Å². The molecular formula is C18H28O2. The van der Waals surface area contributed by atoms with E-state index in [2.05, 4.69) is 43.1 Å². The Labute approximate surface area is 124 Å². The molecule has 2 nitrogen and oxygen atoms in total. The molecule has 20 heavy (non-hydrogen) atoms. The summed E-state index contributed by atoms with van der Waals surface area (Å²) in [6.45, 7) is 2.19. The van der Waals surface area contributed by atoms with Crippen LogP contribution in [0.2, 0.25) is 0 Å². The number of carbonyl (C=O) groups is 1. The number of carboxylic acid groups (broad SMARTS) is 1. The zero-order valence-corrected chi connectivity index (χ0v) is 12.7. The highest BCUT2D eigenvalue weighted by molar-refractivity contribution is 5.66. The maximum atomic E-state index is 10.3. The van der Waals surface area contributed by atoms with Crippen LogP contribution in [0.5, 0.6) is 0 Å². The summed E-state index contributed by atoms with van der Waals surface area (Å²) < 4.78 is 0. The van der Waals surface area contributed by atoms with E-state index >= 15 is 0 Å². The summed E-state index contributed by atoms with van der Waals surface area (Å²) in [5, 5.41) is 8.47. The topological polar surface area (TPSA) is 37.3 Å². The average molecular weight is 276 g/mol. The molecule has 0 bridgehead atoms. The fourth-order valence-electron chi connectivity index (χ4n) is 1.67. The second-order valence-corrected chi connectivity index (χ2v) is 4.82. The number of unbranched alkanes of at least 4 members (excludes halogenated alkanes) is 5. The van der Waals surface area contributed by atoms with Crippen molar-refractivity contribution in [1.82, 2.24) is 0 Å². The molecule has 0 amide bonds. The molecule has 1 N–H and O–H groups in total. The molecule has 0 aromatic rings. The van der Waals surface area contributed by atoms with E-state index in [-0.39, 0.29) is 6.42 Å². The molecule has 0 heterocycles. The maximum Gasteiger partial charge on any atom is 0.303 e. The third-order valence-electron chi connectivity index (χ3n) is 2.82. The van der Waals surface area contributed by atoms with Gasteiger partial charge in [-0.25, -0.2) is 0 Å². The van der Waals surface area contributed by atoms with Gasteiger partial charge in [0.05, 0.1) is 0 Å². The molecule has 2 heteroatoms. The van der Waals surface area contributed by atoms with Crippen LogP contribution < -0.4 is 0 Å². The van der Waals surface area contributed by atoms with Crippen molar-refractivity contribution in [2.24, 2.45) is 0 Å². The number of rotatable bonds is 11. The first-order chi connectivity index (χ1) is 9.77. The monoisotopic (exact) mass is 276 g/mol. The maximum absolute atomic E-state index is 10.3. The number of carboxylic acids is 1. The Morgan fingerprint density at radius 3 is 2.35 bits per heavy atom. The minimum absolute atomic E-state index is 0.258. The van der Waals surface area contributed by atoms with Crippen molar-refractivity contribution in [3.8, 4) is 11.8 Å². The van der Waals surface area contributed by atoms with Gasteiger partial charge < -0.3 is 5.11 Å². The van der Waals surface area contributed by atoms with Gasteiger partial charge in [0.15, 0.2) is 0 Å². The van der Waals surface area contributed by atoms with Crippen LogP contribution in [0.3, 0.4) is 0 Å². The van der Waals surface area contributed by atoms with Gasteiger partial charge >= 0.3 is 5.97 Å². The lowest BCUT2D eigenvalue weighted by Gasteiger charge is -1.91. The molecule has 0 aromatic carbocycles. The van der Waals surface area contributed by atoms with Crippen molar-refractivity contribution in [2.45, 2.75) is 71.1 Å². The van der Waals surface area contributed by atoms with Crippen LogP contribution in [0, 0.1) is 11.8 Å². The van der Waals surface area contributed by atoms with Gasteiger partial charge in [0, 0.05) is 19.3 Å². The molecule has 0 unspecified atom stereocenters. The highest BCUT2D eigenvalue weighted by atomic mass is 16.4. The summed E-state index contributed by atoms with van der Waals surface area (Å²) in [6.07, 6.45) is 18.3. The molecule has 112 valence electrons. The van der Waals surface area contributed by atoms with Crippen LogP contribution in [0.15, 0.2) is 24.3 Å². The smallest absolute Gasteiger partial charge is 0.303 e. The van der Waals surface area contributed by atoms with Gasteiger partial charge in [-0.3, -0.25) is 4.79 Å². The van der Waals surface area contributed by atoms with E-state index in [9.17, 15) is 4.79 Å². The Hall–Kier alpha value is -1.49. The van der Waals surface area contributed by atoms with Crippen LogP contribution in [-0.4, -0.2) is 11.1 Å². The number of hydrogen-bond acceptors (Lipinski definition) is 1. The van der Waals surface area contributed by atoms with Gasteiger partial charge in [0.25, 0.3) is 0 Å². The third-order valence-corrected chi connectivity index (χ3v) is 2.82. The summed E-state index contributed by atoms with van der Waals surface area (Å²) in [4.78, 5) is 10.3. The van der Waals surface area contributed by atoms with E-state index in [1.807, 2.05) is 0 Å². The Morgan fingerprint density at radius 2 is 1.65 bits per heavy atom. The van der Waals surface area contributed by atoms with E-state index in [1.54, 1.807) is 0 Å². The van der Waals surface area contributed by atoms with Crippen molar-refractivity contribution in [3.05, 3.63) is 24.3 Å². The van der Waals surface area contributed by atoms with Crippen LogP contribution in [0.25, 0.3) is 0 Å². The summed E-state index contributed by atoms with van der Waals surface area (Å²) in [5.74, 6) is 5.46. The van der Waals surface area contributed by atoms with E-state index in [1.165, 1.54) is 25.7 Å². The number of hydrogen-bond donors (Lipinski definition) is 1. The van der Waals surface area contributed by atoms with Crippen molar-refractivity contribution in [1.29, 1.82) is 0 Å². The standard InChI is InChI=1S/C18H28O2/c1-2-3-4-5-6-7-8-9-10-11-12-13-14-15-16-17-18(19)20/h4-5,9-10H,2-3,6-8,11,14-17H2,1H3,(H,19,20)/b5-4-,10-9-. The molecule has 0 aliphatic heterocycles. The van der Waals surface area contributed by atoms with Crippen LogP contribution in [0.1, 0.15) is 71.1 Å². The largest absolute Gasteiger partial charge is 0.481 e. The van der Waals surface area contributed by atoms with Gasteiger partial charge in [0.2, 0.25) is 0 Å². The molecule has 0 aliphatic rings. The lowest BCUT2D eigenvalue weighted by molar-refractivity contribution is -0.137. The molecular weight excluding hydrogens is 248 g/mol. The van der Waals surface area contributed by atoms with Gasteiger partial charge in [-0.05, 0) is 38.5 Å². The predicted molar refractivity (Wildman–Crippen MR) is 85.5 cm³/mol. The second-order valence-electron chi connectivity index (χ2n) is 4.82. The quantitative estimate of drug-likeness (QED) is 0.323. The first-order valence-electron chi connectivity index (χ1n) is 7.75. The second kappa shape index (κ2) is 15.6. The van der Waals surface area contributed by atoms with E-state index in [0.29, 0.717) is 0 Å². The van der Waals surface area contributed by atoms with Crippen molar-refractivity contribution >= 4 is 5.97 Å². The van der Waals surface area contributed by atoms with E-state index < -0.39 is 5.97 Å². The van der Waals surface area contributed by atoms with E-state index in [4.69, 9.17) is 5.11 Å². The fourth-order valence-corrected chi connectivity index (χ4v) is 1.67. The van der Waals surface area contributed by atoms with Crippen LogP contribution in [0.4, 0.5) is 0 Å². The van der Waals surface area contributed by atoms with Gasteiger partial charge in [0.1, 0.15) is 0 Å². The number of allylic oxidation sites excluding steroid dienone is 4. The first kappa shape index (κ1) is 18.5. The number of aliphatic carboxylic acids is 1. The van der Waals surface area contributed by atoms with Crippen molar-refractivity contribution in [2.75, 3.05) is 0 Å². The summed E-state index contributed by atoms with van der Waals surface area (Å²) in [7, 11) is 0. The van der Waals surface area contributed by atoms with Crippen molar-refractivity contribution < 1.29 is 9.90 Å². The molecule has 0 saturated heterocycles. The minimum Gasteiger partial charge on any atom is -0.481 e. The normalized spacial score (nSPS) is 10.8. The first-order valence-corrected chi connectivity index (χ1v) is 7.75. The SMILES string of the molecule is CCC/C=C\CCC/C=C\CC#CCCCCC(=O)O. The molecule has 0 aliphatic carbocycles. The van der Waals surface area contributed by atoms with Gasteiger partial charge in [-0.15, -0.1) is 5.92 Å². The van der Waals surface area contributed by atoms with Crippen molar-refractivity contribution in [3.63, 3.8) is 0 Å². The molecule has 0 spiro atoms. The zero-order valence-electron chi connectivity index (χ0n) is 12.7. The highest BCUT2D eigenvalue weighted by Crippen LogP contribution is 2.01. The average Bonchev–Trinajstić information content (AvgIpc) is 2.43. The highest BCUT2D eigenvalue weighted by Gasteiger charge is 1.93. The molecule has 0 aromatic heterocycles. The minimum atomic E-state index is -0.717. The Bertz CT molecular complexity index is 342. The summed E-state index contributed by atoms with van der Waals surface area (Å²) in [6, 6.07) is 0. The molecule has 0 rings (SSSR count). The molecule has 0 radical (unpaired) electrons. The van der Waals surface area contributed by atoms with E-state index in [0.717, 1.165) is 32.1 Å². The third kappa shape index (κ3) is 16.5. The van der Waals surface area contributed by atoms with Crippen LogP contribution >= 0.6 is 0 Å². The Morgan fingerprint density at radius 1 is 0.950 bits per heavy atom. The van der Waals surface area contributed by atoms with Gasteiger partial charge in [-0.2, -0.15) is 0 Å². The fraction of sp³-hybridized carbons (Fsp3) is 0.611. The molecule has 0 fully saturated rings. The Balaban J connectivity index is 3.33.